The Labute approximate surface area is 83.6 Å². The van der Waals surface area contributed by atoms with E-state index in [-0.39, 0.29) is 0 Å². The van der Waals surface area contributed by atoms with Crippen molar-refractivity contribution in [1.29, 1.82) is 0 Å². The van der Waals surface area contributed by atoms with Crippen LogP contribution in [-0.2, 0) is 13.0 Å². The molecule has 0 atom stereocenters. The average Bonchev–Trinajstić information content (AvgIpc) is 2.59. The molecule has 2 heterocycles. The first-order valence-electron chi connectivity index (χ1n) is 5.31. The second kappa shape index (κ2) is 2.84. The summed E-state index contributed by atoms with van der Waals surface area (Å²) < 4.78 is 2.38. The van der Waals surface area contributed by atoms with Gasteiger partial charge in [0.1, 0.15) is 5.82 Å². The highest BCUT2D eigenvalue weighted by Crippen LogP contribution is 2.23. The second-order valence-corrected chi connectivity index (χ2v) is 4.08. The fourth-order valence-corrected chi connectivity index (χ4v) is 2.33. The maximum absolute atomic E-state index is 4.72. The summed E-state index contributed by atoms with van der Waals surface area (Å²) in [6.07, 6.45) is 3.74. The lowest BCUT2D eigenvalue weighted by atomic mass is 10.1. The van der Waals surface area contributed by atoms with Crippen molar-refractivity contribution in [3.05, 3.63) is 29.6 Å². The fourth-order valence-electron chi connectivity index (χ4n) is 2.33. The summed E-state index contributed by atoms with van der Waals surface area (Å²) in [6, 6.07) is 6.45. The van der Waals surface area contributed by atoms with Gasteiger partial charge in [0, 0.05) is 13.0 Å². The molecule has 1 aliphatic heterocycles. The smallest absolute Gasteiger partial charge is 0.109 e. The van der Waals surface area contributed by atoms with E-state index in [9.17, 15) is 0 Å². The van der Waals surface area contributed by atoms with Gasteiger partial charge >= 0.3 is 0 Å². The largest absolute Gasteiger partial charge is 0.328 e. The Balaban J connectivity index is 2.36. The Bertz CT molecular complexity index is 482. The van der Waals surface area contributed by atoms with E-state index in [0.29, 0.717) is 0 Å². The van der Waals surface area contributed by atoms with Gasteiger partial charge < -0.3 is 4.57 Å². The number of aryl methyl sites for hydroxylation is 3. The van der Waals surface area contributed by atoms with Gasteiger partial charge in [-0.05, 0) is 31.4 Å². The van der Waals surface area contributed by atoms with Gasteiger partial charge in [-0.1, -0.05) is 12.1 Å². The number of rotatable bonds is 0. The van der Waals surface area contributed by atoms with Gasteiger partial charge in [-0.2, -0.15) is 0 Å². The molecule has 0 bridgehead atoms. The molecule has 2 aromatic rings. The maximum atomic E-state index is 4.72. The van der Waals surface area contributed by atoms with E-state index < -0.39 is 0 Å². The first kappa shape index (κ1) is 8.04. The van der Waals surface area contributed by atoms with E-state index in [0.717, 1.165) is 13.0 Å². The maximum Gasteiger partial charge on any atom is 0.109 e. The number of fused-ring (bicyclic) bond motifs is 3. The predicted octanol–water partition coefficient (Wildman–Crippen LogP) is 2.68. The van der Waals surface area contributed by atoms with Crippen molar-refractivity contribution in [1.82, 2.24) is 9.55 Å². The van der Waals surface area contributed by atoms with Crippen LogP contribution in [0.3, 0.4) is 0 Å². The van der Waals surface area contributed by atoms with Crippen molar-refractivity contribution in [3.63, 3.8) is 0 Å². The van der Waals surface area contributed by atoms with Crippen LogP contribution in [-0.4, -0.2) is 9.55 Å². The van der Waals surface area contributed by atoms with Crippen molar-refractivity contribution >= 4 is 11.0 Å². The van der Waals surface area contributed by atoms with Crippen molar-refractivity contribution in [2.75, 3.05) is 0 Å². The predicted molar refractivity (Wildman–Crippen MR) is 57.4 cm³/mol. The third-order valence-electron chi connectivity index (χ3n) is 3.09. The Morgan fingerprint density at radius 2 is 2.21 bits per heavy atom. The topological polar surface area (TPSA) is 17.8 Å². The molecule has 0 unspecified atom stereocenters. The van der Waals surface area contributed by atoms with Crippen molar-refractivity contribution in [2.45, 2.75) is 32.7 Å². The molecule has 1 aromatic carbocycles. The first-order valence-corrected chi connectivity index (χ1v) is 5.31. The van der Waals surface area contributed by atoms with Crippen LogP contribution in [0.15, 0.2) is 18.2 Å². The van der Waals surface area contributed by atoms with E-state index in [4.69, 9.17) is 4.98 Å². The number of hydrogen-bond acceptors (Lipinski definition) is 1. The first-order chi connectivity index (χ1) is 6.86. The van der Waals surface area contributed by atoms with Crippen molar-refractivity contribution in [2.24, 2.45) is 0 Å². The van der Waals surface area contributed by atoms with Crippen LogP contribution in [0.1, 0.15) is 24.2 Å². The minimum Gasteiger partial charge on any atom is -0.328 e. The van der Waals surface area contributed by atoms with Gasteiger partial charge in [-0.3, -0.25) is 0 Å². The minimum atomic E-state index is 1.15. The summed E-state index contributed by atoms with van der Waals surface area (Å²) in [4.78, 5) is 4.72. The standard InChI is InChI=1S/C12H14N2/c1-9-5-4-6-10-12(9)13-11-7-2-3-8-14(10)11/h4-6H,2-3,7-8H2,1H3. The Morgan fingerprint density at radius 3 is 3.14 bits per heavy atom. The SMILES string of the molecule is Cc1cccc2c1nc1n2CCCC1. The molecule has 0 fully saturated rings. The summed E-state index contributed by atoms with van der Waals surface area (Å²) in [5, 5.41) is 0. The Hall–Kier alpha value is -1.31. The highest BCUT2D eigenvalue weighted by molar-refractivity contribution is 5.79. The molecule has 0 saturated heterocycles. The van der Waals surface area contributed by atoms with Crippen LogP contribution in [0.2, 0.25) is 0 Å². The van der Waals surface area contributed by atoms with Gasteiger partial charge in [-0.25, -0.2) is 4.98 Å². The summed E-state index contributed by atoms with van der Waals surface area (Å²) in [6.45, 7) is 3.29. The number of hydrogen-bond donors (Lipinski definition) is 0. The molecule has 0 spiro atoms. The number of nitrogens with zero attached hydrogens (tertiary/aromatic N) is 2. The molecule has 0 amide bonds. The molecule has 1 aliphatic rings. The normalized spacial score (nSPS) is 15.8. The molecule has 14 heavy (non-hydrogen) atoms. The Kier molecular flexibility index (Phi) is 1.63. The zero-order valence-electron chi connectivity index (χ0n) is 8.45. The van der Waals surface area contributed by atoms with Crippen molar-refractivity contribution < 1.29 is 0 Å². The molecule has 0 saturated carbocycles. The highest BCUT2D eigenvalue weighted by Gasteiger charge is 2.14. The van der Waals surface area contributed by atoms with Gasteiger partial charge in [0.2, 0.25) is 0 Å². The summed E-state index contributed by atoms with van der Waals surface area (Å²) in [5.74, 6) is 1.28. The molecule has 1 aromatic heterocycles. The molecule has 2 nitrogen and oxygen atoms in total. The summed E-state index contributed by atoms with van der Waals surface area (Å²) >= 11 is 0. The molecule has 3 rings (SSSR count). The molecule has 0 N–H and O–H groups in total. The van der Waals surface area contributed by atoms with Gasteiger partial charge in [0.15, 0.2) is 0 Å². The van der Waals surface area contributed by atoms with Crippen molar-refractivity contribution in [3.8, 4) is 0 Å². The number of para-hydroxylation sites is 1. The lowest BCUT2D eigenvalue weighted by Crippen LogP contribution is -2.09. The third-order valence-corrected chi connectivity index (χ3v) is 3.09. The van der Waals surface area contributed by atoms with E-state index >= 15 is 0 Å². The molecule has 72 valence electrons. The number of imidazole rings is 1. The monoisotopic (exact) mass is 186 g/mol. The molecular formula is C12H14N2. The van der Waals surface area contributed by atoms with Crippen LogP contribution in [0.4, 0.5) is 0 Å². The zero-order chi connectivity index (χ0) is 9.54. The van der Waals surface area contributed by atoms with E-state index in [1.807, 2.05) is 0 Å². The molecular weight excluding hydrogens is 172 g/mol. The quantitative estimate of drug-likeness (QED) is 0.618. The van der Waals surface area contributed by atoms with E-state index in [2.05, 4.69) is 29.7 Å². The molecule has 2 heteroatoms. The van der Waals surface area contributed by atoms with Crippen LogP contribution in [0.5, 0.6) is 0 Å². The zero-order valence-corrected chi connectivity index (χ0v) is 8.45. The second-order valence-electron chi connectivity index (χ2n) is 4.08. The Morgan fingerprint density at radius 1 is 1.29 bits per heavy atom. The van der Waals surface area contributed by atoms with E-state index in [1.54, 1.807) is 0 Å². The fraction of sp³-hybridized carbons (Fsp3) is 0.417. The van der Waals surface area contributed by atoms with Gasteiger partial charge in [0.25, 0.3) is 0 Å². The molecule has 0 aliphatic carbocycles. The number of benzene rings is 1. The number of aromatic nitrogens is 2. The summed E-state index contributed by atoms with van der Waals surface area (Å²) in [7, 11) is 0. The van der Waals surface area contributed by atoms with E-state index in [1.165, 1.54) is 35.3 Å². The molecule has 0 radical (unpaired) electrons. The highest BCUT2D eigenvalue weighted by atomic mass is 15.1. The van der Waals surface area contributed by atoms with Crippen LogP contribution in [0, 0.1) is 6.92 Å². The van der Waals surface area contributed by atoms with Gasteiger partial charge in [-0.15, -0.1) is 0 Å². The average molecular weight is 186 g/mol. The van der Waals surface area contributed by atoms with Crippen LogP contribution < -0.4 is 0 Å². The van der Waals surface area contributed by atoms with Gasteiger partial charge in [0.05, 0.1) is 11.0 Å². The van der Waals surface area contributed by atoms with Crippen LogP contribution >= 0.6 is 0 Å². The third kappa shape index (κ3) is 0.999. The lowest BCUT2D eigenvalue weighted by molar-refractivity contribution is 0.533. The summed E-state index contributed by atoms with van der Waals surface area (Å²) in [5.41, 5.74) is 3.81. The minimum absolute atomic E-state index is 1.15. The van der Waals surface area contributed by atoms with Crippen LogP contribution in [0.25, 0.3) is 11.0 Å². The lowest BCUT2D eigenvalue weighted by Gasteiger charge is -2.13.